The third kappa shape index (κ3) is 4.60. The van der Waals surface area contributed by atoms with E-state index < -0.39 is 0 Å². The monoisotopic (exact) mass is 387 g/mol. The van der Waals surface area contributed by atoms with Crippen molar-refractivity contribution in [1.29, 1.82) is 0 Å². The fraction of sp³-hybridized carbons (Fsp3) is 0.429. The minimum absolute atomic E-state index is 0.00894. The molecule has 1 amide bonds. The average molecular weight is 388 g/mol. The zero-order chi connectivity index (χ0) is 19.6. The molecule has 1 aromatic heterocycles. The summed E-state index contributed by atoms with van der Waals surface area (Å²) in [6.07, 6.45) is 3.64. The van der Waals surface area contributed by atoms with Crippen LogP contribution in [0.25, 0.3) is 6.08 Å². The first-order chi connectivity index (χ1) is 12.8. The molecule has 144 valence electrons. The molecule has 1 aromatic carbocycles. The van der Waals surface area contributed by atoms with Crippen molar-refractivity contribution in [3.8, 4) is 0 Å². The molecule has 5 nitrogen and oxygen atoms in total. The first kappa shape index (κ1) is 19.6. The van der Waals surface area contributed by atoms with Crippen LogP contribution in [0.3, 0.4) is 0 Å². The van der Waals surface area contributed by atoms with Gasteiger partial charge in [-0.25, -0.2) is 0 Å². The Kier molecular flexibility index (Phi) is 6.02. The van der Waals surface area contributed by atoms with E-state index in [-0.39, 0.29) is 18.1 Å². The van der Waals surface area contributed by atoms with Crippen LogP contribution < -0.4 is 0 Å². The van der Waals surface area contributed by atoms with Crippen LogP contribution in [-0.4, -0.2) is 45.9 Å². The van der Waals surface area contributed by atoms with Crippen LogP contribution in [0.1, 0.15) is 36.4 Å². The lowest BCUT2D eigenvalue weighted by Crippen LogP contribution is -2.47. The number of amides is 1. The van der Waals surface area contributed by atoms with Crippen LogP contribution in [0.5, 0.6) is 0 Å². The number of aryl methyl sites for hydroxylation is 1. The summed E-state index contributed by atoms with van der Waals surface area (Å²) in [7, 11) is 0. The van der Waals surface area contributed by atoms with Crippen molar-refractivity contribution in [2.24, 2.45) is 0 Å². The van der Waals surface area contributed by atoms with Gasteiger partial charge in [0.2, 0.25) is 5.91 Å². The summed E-state index contributed by atoms with van der Waals surface area (Å²) < 4.78 is 7.63. The Bertz CT molecular complexity index is 849. The highest BCUT2D eigenvalue weighted by Crippen LogP contribution is 2.20. The smallest absolute Gasteiger partial charge is 0.246 e. The van der Waals surface area contributed by atoms with Crippen molar-refractivity contribution < 1.29 is 9.53 Å². The Balaban J connectivity index is 1.75. The summed E-state index contributed by atoms with van der Waals surface area (Å²) in [6.45, 7) is 9.81. The van der Waals surface area contributed by atoms with Gasteiger partial charge in [0.1, 0.15) is 0 Å². The van der Waals surface area contributed by atoms with Gasteiger partial charge in [-0.05, 0) is 45.4 Å². The fourth-order valence-corrected chi connectivity index (χ4v) is 3.71. The zero-order valence-corrected chi connectivity index (χ0v) is 17.0. The van der Waals surface area contributed by atoms with E-state index in [2.05, 4.69) is 5.10 Å². The number of ether oxygens (including phenoxy) is 1. The van der Waals surface area contributed by atoms with Crippen molar-refractivity contribution in [1.82, 2.24) is 14.7 Å². The third-order valence-corrected chi connectivity index (χ3v) is 5.21. The molecule has 0 spiro atoms. The molecular weight excluding hydrogens is 362 g/mol. The molecule has 2 atom stereocenters. The Morgan fingerprint density at radius 1 is 1.26 bits per heavy atom. The first-order valence-corrected chi connectivity index (χ1v) is 9.62. The van der Waals surface area contributed by atoms with Gasteiger partial charge < -0.3 is 9.64 Å². The van der Waals surface area contributed by atoms with E-state index in [4.69, 9.17) is 16.3 Å². The maximum atomic E-state index is 12.6. The number of aromatic nitrogens is 2. The Hall–Kier alpha value is -2.11. The molecule has 0 radical (unpaired) electrons. The topological polar surface area (TPSA) is 47.4 Å². The minimum Gasteiger partial charge on any atom is -0.372 e. The molecule has 27 heavy (non-hydrogen) atoms. The molecule has 1 aliphatic heterocycles. The second kappa shape index (κ2) is 8.28. The van der Waals surface area contributed by atoms with E-state index in [1.165, 1.54) is 0 Å². The molecule has 1 saturated heterocycles. The van der Waals surface area contributed by atoms with Crippen molar-refractivity contribution >= 4 is 23.6 Å². The van der Waals surface area contributed by atoms with E-state index in [0.29, 0.717) is 19.6 Å². The zero-order valence-electron chi connectivity index (χ0n) is 16.3. The largest absolute Gasteiger partial charge is 0.372 e. The molecule has 2 heterocycles. The molecule has 3 rings (SSSR count). The van der Waals surface area contributed by atoms with Gasteiger partial charge in [-0.15, -0.1) is 0 Å². The molecule has 1 fully saturated rings. The lowest BCUT2D eigenvalue weighted by molar-refractivity contribution is -0.137. The van der Waals surface area contributed by atoms with Gasteiger partial charge in [0.25, 0.3) is 0 Å². The molecular formula is C21H26ClN3O2. The highest BCUT2D eigenvalue weighted by atomic mass is 35.5. The first-order valence-electron chi connectivity index (χ1n) is 9.25. The summed E-state index contributed by atoms with van der Waals surface area (Å²) in [5.41, 5.74) is 3.91. The molecule has 0 saturated carbocycles. The van der Waals surface area contributed by atoms with Crippen LogP contribution in [0.15, 0.2) is 30.3 Å². The summed E-state index contributed by atoms with van der Waals surface area (Å²) in [4.78, 5) is 14.4. The number of hydrogen-bond donors (Lipinski definition) is 0. The van der Waals surface area contributed by atoms with Crippen molar-refractivity contribution in [2.75, 3.05) is 13.1 Å². The van der Waals surface area contributed by atoms with Gasteiger partial charge in [0.15, 0.2) is 0 Å². The van der Waals surface area contributed by atoms with E-state index in [1.807, 2.05) is 67.6 Å². The maximum Gasteiger partial charge on any atom is 0.246 e. The summed E-state index contributed by atoms with van der Waals surface area (Å²) in [6, 6.07) is 7.77. The number of carbonyl (C=O) groups is 1. The second-order valence-corrected chi connectivity index (χ2v) is 7.57. The van der Waals surface area contributed by atoms with Crippen LogP contribution >= 0.6 is 11.6 Å². The highest BCUT2D eigenvalue weighted by molar-refractivity contribution is 6.31. The number of carbonyl (C=O) groups excluding carboxylic acids is 1. The van der Waals surface area contributed by atoms with E-state index in [9.17, 15) is 4.79 Å². The molecule has 0 unspecified atom stereocenters. The van der Waals surface area contributed by atoms with Gasteiger partial charge in [-0.2, -0.15) is 5.10 Å². The Labute approximate surface area is 165 Å². The van der Waals surface area contributed by atoms with Crippen LogP contribution in [-0.2, 0) is 16.1 Å². The molecule has 0 N–H and O–H groups in total. The van der Waals surface area contributed by atoms with Gasteiger partial charge in [0, 0.05) is 35.4 Å². The molecule has 2 aromatic rings. The lowest BCUT2D eigenvalue weighted by Gasteiger charge is -2.34. The standard InChI is InChI=1S/C21H26ClN3O2/c1-14-11-24(12-15(2)27-14)21(26)10-9-19-16(3)23-25(17(19)4)13-18-7-5-6-8-20(18)22/h5-10,14-15H,11-13H2,1-4H3/b10-9-/t14-,15-/m0/s1. The number of halogens is 1. The predicted molar refractivity (Wildman–Crippen MR) is 108 cm³/mol. The summed E-state index contributed by atoms with van der Waals surface area (Å²) in [5.74, 6) is 0.00894. The fourth-order valence-electron chi connectivity index (χ4n) is 3.51. The molecule has 0 bridgehead atoms. The number of benzene rings is 1. The normalized spacial score (nSPS) is 20.4. The highest BCUT2D eigenvalue weighted by Gasteiger charge is 2.24. The Morgan fingerprint density at radius 3 is 2.59 bits per heavy atom. The SMILES string of the molecule is Cc1nn(Cc2ccccc2Cl)c(C)c1/C=C\C(=O)N1C[C@H](C)O[C@@H](C)C1. The minimum atomic E-state index is 0.00894. The molecule has 0 aliphatic carbocycles. The van der Waals surface area contributed by atoms with Crippen molar-refractivity contribution in [3.63, 3.8) is 0 Å². The van der Waals surface area contributed by atoms with Crippen LogP contribution in [0.4, 0.5) is 0 Å². The number of rotatable bonds is 4. The van der Waals surface area contributed by atoms with Gasteiger partial charge in [-0.1, -0.05) is 29.8 Å². The summed E-state index contributed by atoms with van der Waals surface area (Å²) >= 11 is 6.27. The Morgan fingerprint density at radius 2 is 1.93 bits per heavy atom. The lowest BCUT2D eigenvalue weighted by atomic mass is 10.1. The molecule has 6 heteroatoms. The number of nitrogens with zero attached hydrogens (tertiary/aromatic N) is 3. The average Bonchev–Trinajstić information content (AvgIpc) is 2.87. The summed E-state index contributed by atoms with van der Waals surface area (Å²) in [5, 5.41) is 5.35. The van der Waals surface area contributed by atoms with Crippen LogP contribution in [0, 0.1) is 13.8 Å². The third-order valence-electron chi connectivity index (χ3n) is 4.84. The maximum absolute atomic E-state index is 12.6. The molecule has 1 aliphatic rings. The second-order valence-electron chi connectivity index (χ2n) is 7.17. The van der Waals surface area contributed by atoms with Crippen molar-refractivity contribution in [2.45, 2.75) is 46.4 Å². The quantitative estimate of drug-likeness (QED) is 0.748. The van der Waals surface area contributed by atoms with Crippen molar-refractivity contribution in [3.05, 3.63) is 57.9 Å². The van der Waals surface area contributed by atoms with E-state index in [1.54, 1.807) is 6.08 Å². The van der Waals surface area contributed by atoms with Crippen LogP contribution in [0.2, 0.25) is 5.02 Å². The van der Waals surface area contributed by atoms with Gasteiger partial charge >= 0.3 is 0 Å². The number of morpholine rings is 1. The van der Waals surface area contributed by atoms with E-state index in [0.717, 1.165) is 27.5 Å². The van der Waals surface area contributed by atoms with E-state index >= 15 is 0 Å². The number of hydrogen-bond acceptors (Lipinski definition) is 3. The predicted octanol–water partition coefficient (Wildman–Crippen LogP) is 3.85. The van der Waals surface area contributed by atoms with Gasteiger partial charge in [0.05, 0.1) is 24.4 Å². The van der Waals surface area contributed by atoms with Gasteiger partial charge in [-0.3, -0.25) is 9.48 Å².